The van der Waals surface area contributed by atoms with Crippen molar-refractivity contribution in [2.24, 2.45) is 0 Å². The molecule has 8 heteroatoms. The maximum atomic E-state index is 12.2. The summed E-state index contributed by atoms with van der Waals surface area (Å²) in [6.45, 7) is 0. The van der Waals surface area contributed by atoms with E-state index < -0.39 is 0 Å². The average molecular weight is 385 g/mol. The van der Waals surface area contributed by atoms with Gasteiger partial charge in [-0.15, -0.1) is 11.8 Å². The highest BCUT2D eigenvalue weighted by Crippen LogP contribution is 2.33. The predicted molar refractivity (Wildman–Crippen MR) is 104 cm³/mol. The van der Waals surface area contributed by atoms with Gasteiger partial charge in [0.15, 0.2) is 5.15 Å². The Labute approximate surface area is 158 Å². The second-order valence-corrected chi connectivity index (χ2v) is 6.96. The van der Waals surface area contributed by atoms with E-state index in [4.69, 9.17) is 11.6 Å². The number of anilines is 2. The zero-order valence-corrected chi connectivity index (χ0v) is 15.0. The lowest BCUT2D eigenvalue weighted by molar-refractivity contribution is -0.114. The van der Waals surface area contributed by atoms with Crippen molar-refractivity contribution >= 4 is 58.3 Å². The Morgan fingerprint density at radius 3 is 3.12 bits per heavy atom. The van der Waals surface area contributed by atoms with E-state index in [1.807, 2.05) is 30.5 Å². The monoisotopic (exact) mass is 384 g/mol. The summed E-state index contributed by atoms with van der Waals surface area (Å²) in [5.41, 5.74) is 2.65. The molecule has 1 aliphatic heterocycles. The van der Waals surface area contributed by atoms with Crippen LogP contribution in [0.2, 0.25) is 5.15 Å². The quantitative estimate of drug-likeness (QED) is 0.675. The maximum absolute atomic E-state index is 12.2. The number of fused-ring (bicyclic) bond motifs is 2. The van der Waals surface area contributed by atoms with Crippen LogP contribution in [0.4, 0.5) is 11.4 Å². The minimum absolute atomic E-state index is 0.0480. The molecule has 1 aliphatic rings. The third kappa shape index (κ3) is 3.31. The molecule has 0 radical (unpaired) electrons. The van der Waals surface area contributed by atoms with Crippen LogP contribution in [-0.2, 0) is 9.59 Å². The summed E-state index contributed by atoms with van der Waals surface area (Å²) < 4.78 is 1.80. The summed E-state index contributed by atoms with van der Waals surface area (Å²) in [4.78, 5) is 28.9. The molecule has 0 spiro atoms. The molecule has 0 unspecified atom stereocenters. The Balaban J connectivity index is 1.52. The maximum Gasteiger partial charge on any atom is 0.248 e. The molecule has 1 aromatic carbocycles. The molecule has 26 heavy (non-hydrogen) atoms. The first kappa shape index (κ1) is 16.7. The van der Waals surface area contributed by atoms with Gasteiger partial charge in [-0.2, -0.15) is 0 Å². The number of hydrogen-bond donors (Lipinski definition) is 2. The van der Waals surface area contributed by atoms with Crippen molar-refractivity contribution < 1.29 is 9.59 Å². The molecule has 3 heterocycles. The highest BCUT2D eigenvalue weighted by Gasteiger charge is 2.15. The Morgan fingerprint density at radius 1 is 1.35 bits per heavy atom. The first-order chi connectivity index (χ1) is 12.6. The van der Waals surface area contributed by atoms with E-state index in [1.165, 1.54) is 17.8 Å². The molecule has 2 aromatic heterocycles. The van der Waals surface area contributed by atoms with E-state index >= 15 is 0 Å². The zero-order chi connectivity index (χ0) is 18.1. The van der Waals surface area contributed by atoms with E-state index in [0.717, 1.165) is 4.90 Å². The molecule has 2 amide bonds. The molecule has 0 bridgehead atoms. The summed E-state index contributed by atoms with van der Waals surface area (Å²) in [5, 5.41) is 5.90. The normalized spacial score (nSPS) is 13.7. The molecule has 3 aromatic rings. The number of pyridine rings is 1. The summed E-state index contributed by atoms with van der Waals surface area (Å²) in [6.07, 6.45) is 4.85. The fourth-order valence-electron chi connectivity index (χ4n) is 2.63. The molecular formula is C18H13ClN4O2S. The summed E-state index contributed by atoms with van der Waals surface area (Å²) in [5.74, 6) is 0.0522. The lowest BCUT2D eigenvalue weighted by Crippen LogP contribution is -2.19. The van der Waals surface area contributed by atoms with Crippen molar-refractivity contribution in [2.45, 2.75) is 4.90 Å². The summed E-state index contributed by atoms with van der Waals surface area (Å²) >= 11 is 7.62. The van der Waals surface area contributed by atoms with Gasteiger partial charge in [-0.05, 0) is 36.4 Å². The third-order valence-corrected chi connectivity index (χ3v) is 5.15. The van der Waals surface area contributed by atoms with Gasteiger partial charge in [0.25, 0.3) is 0 Å². The van der Waals surface area contributed by atoms with Crippen LogP contribution in [0, 0.1) is 0 Å². The first-order valence-corrected chi connectivity index (χ1v) is 9.15. The van der Waals surface area contributed by atoms with Gasteiger partial charge in [-0.1, -0.05) is 17.7 Å². The number of carbonyl (C=O) groups excluding carboxylic acids is 2. The van der Waals surface area contributed by atoms with Gasteiger partial charge >= 0.3 is 0 Å². The van der Waals surface area contributed by atoms with E-state index in [-0.39, 0.29) is 11.8 Å². The van der Waals surface area contributed by atoms with Crippen LogP contribution in [0.3, 0.4) is 0 Å². The molecule has 4 rings (SSSR count). The van der Waals surface area contributed by atoms with Crippen molar-refractivity contribution in [2.75, 3.05) is 16.4 Å². The number of amides is 2. The van der Waals surface area contributed by atoms with Crippen LogP contribution < -0.4 is 10.6 Å². The highest BCUT2D eigenvalue weighted by atomic mass is 35.5. The topological polar surface area (TPSA) is 75.5 Å². The minimum atomic E-state index is -0.304. The van der Waals surface area contributed by atoms with Crippen LogP contribution in [0.25, 0.3) is 11.7 Å². The molecule has 130 valence electrons. The zero-order valence-electron chi connectivity index (χ0n) is 13.4. The number of nitrogens with one attached hydrogen (secondary N) is 2. The van der Waals surface area contributed by atoms with Crippen molar-refractivity contribution in [3.8, 4) is 0 Å². The lowest BCUT2D eigenvalue weighted by Gasteiger charge is -2.17. The van der Waals surface area contributed by atoms with Crippen molar-refractivity contribution in [3.63, 3.8) is 0 Å². The number of halogens is 1. The van der Waals surface area contributed by atoms with Gasteiger partial charge in [0.2, 0.25) is 11.8 Å². The Bertz CT molecular complexity index is 1060. The highest BCUT2D eigenvalue weighted by molar-refractivity contribution is 8.00. The average Bonchev–Trinajstić information content (AvgIpc) is 2.94. The number of aromatic nitrogens is 2. The number of imidazole rings is 1. The second kappa shape index (κ2) is 6.86. The van der Waals surface area contributed by atoms with Gasteiger partial charge in [-0.25, -0.2) is 4.98 Å². The van der Waals surface area contributed by atoms with Crippen LogP contribution in [0.15, 0.2) is 53.6 Å². The number of thioether (sulfide) groups is 1. The van der Waals surface area contributed by atoms with Crippen LogP contribution >= 0.6 is 23.4 Å². The van der Waals surface area contributed by atoms with Crippen LogP contribution in [0.5, 0.6) is 0 Å². The SMILES string of the molecule is O=C(/C=C/c1c(Cl)nc2ccccn12)Nc1ccc2c(c1)NC(=O)CS2. The molecule has 6 nitrogen and oxygen atoms in total. The van der Waals surface area contributed by atoms with E-state index in [9.17, 15) is 9.59 Å². The Morgan fingerprint density at radius 2 is 2.23 bits per heavy atom. The number of hydrogen-bond acceptors (Lipinski definition) is 4. The Hall–Kier alpha value is -2.77. The lowest BCUT2D eigenvalue weighted by atomic mass is 10.2. The largest absolute Gasteiger partial charge is 0.324 e. The van der Waals surface area contributed by atoms with E-state index in [2.05, 4.69) is 15.6 Å². The van der Waals surface area contributed by atoms with Gasteiger partial charge in [-0.3, -0.25) is 14.0 Å². The summed E-state index contributed by atoms with van der Waals surface area (Å²) in [6, 6.07) is 11.0. The van der Waals surface area contributed by atoms with Crippen molar-refractivity contribution in [3.05, 3.63) is 59.5 Å². The molecule has 0 aliphatic carbocycles. The molecule has 0 saturated heterocycles. The van der Waals surface area contributed by atoms with Crippen LogP contribution in [-0.4, -0.2) is 27.0 Å². The van der Waals surface area contributed by atoms with E-state index in [0.29, 0.717) is 33.6 Å². The molecule has 0 atom stereocenters. The van der Waals surface area contributed by atoms with Gasteiger partial charge < -0.3 is 10.6 Å². The third-order valence-electron chi connectivity index (χ3n) is 3.79. The van der Waals surface area contributed by atoms with Gasteiger partial charge in [0, 0.05) is 22.9 Å². The predicted octanol–water partition coefficient (Wildman–Crippen LogP) is 3.68. The first-order valence-electron chi connectivity index (χ1n) is 7.78. The number of nitrogens with zero attached hydrogens (tertiary/aromatic N) is 2. The fraction of sp³-hybridized carbons (Fsp3) is 0.0556. The van der Waals surface area contributed by atoms with Crippen LogP contribution in [0.1, 0.15) is 5.69 Å². The number of benzene rings is 1. The molecule has 2 N–H and O–H groups in total. The second-order valence-electron chi connectivity index (χ2n) is 5.59. The smallest absolute Gasteiger partial charge is 0.248 e. The van der Waals surface area contributed by atoms with Gasteiger partial charge in [0.05, 0.1) is 17.1 Å². The number of rotatable bonds is 3. The molecule has 0 fully saturated rings. The standard InChI is InChI=1S/C18H13ClN4O2S/c19-18-13(23-8-2-1-3-15(23)22-18)5-7-16(24)20-11-4-6-14-12(9-11)21-17(25)10-26-14/h1-9H,10H2,(H,20,24)(H,21,25)/b7-5+. The van der Waals surface area contributed by atoms with Gasteiger partial charge in [0.1, 0.15) is 5.65 Å². The number of carbonyl (C=O) groups is 2. The summed E-state index contributed by atoms with van der Waals surface area (Å²) in [7, 11) is 0. The molecular weight excluding hydrogens is 372 g/mol. The molecule has 0 saturated carbocycles. The van der Waals surface area contributed by atoms with Crippen molar-refractivity contribution in [1.29, 1.82) is 0 Å². The Kier molecular flexibility index (Phi) is 4.40. The van der Waals surface area contributed by atoms with Crippen molar-refractivity contribution in [1.82, 2.24) is 9.38 Å². The minimum Gasteiger partial charge on any atom is -0.324 e. The fourth-order valence-corrected chi connectivity index (χ4v) is 3.66. The van der Waals surface area contributed by atoms with E-state index in [1.54, 1.807) is 22.6 Å².